The molecule has 0 fully saturated rings. The van der Waals surface area contributed by atoms with Crippen molar-refractivity contribution in [1.29, 1.82) is 0 Å². The maximum Gasteiger partial charge on any atom is 0.227 e. The number of ether oxygens (including phenoxy) is 1. The van der Waals surface area contributed by atoms with Crippen molar-refractivity contribution >= 4 is 5.91 Å². The zero-order chi connectivity index (χ0) is 16.1. The number of aromatic nitrogens is 2. The molecular formula is C18H27N3O2. The Bertz CT molecular complexity index is 564. The number of allylic oxidation sites excluding steroid dienone is 1. The van der Waals surface area contributed by atoms with Crippen LogP contribution in [0.4, 0.5) is 0 Å². The SMILES string of the molecule is CCOC[C@@H]1CN(C(=O)CC2=CCCCC2)Cc2cncn2C1. The number of imidazole rings is 1. The van der Waals surface area contributed by atoms with E-state index >= 15 is 0 Å². The molecule has 1 amide bonds. The van der Waals surface area contributed by atoms with Crippen LogP contribution in [0.1, 0.15) is 44.7 Å². The summed E-state index contributed by atoms with van der Waals surface area (Å²) < 4.78 is 7.78. The van der Waals surface area contributed by atoms with E-state index < -0.39 is 0 Å². The van der Waals surface area contributed by atoms with Crippen LogP contribution in [0.5, 0.6) is 0 Å². The van der Waals surface area contributed by atoms with E-state index in [9.17, 15) is 4.79 Å². The van der Waals surface area contributed by atoms with Gasteiger partial charge in [-0.15, -0.1) is 0 Å². The first-order chi connectivity index (χ1) is 11.3. The molecule has 0 bridgehead atoms. The van der Waals surface area contributed by atoms with E-state index in [0.29, 0.717) is 32.1 Å². The molecular weight excluding hydrogens is 290 g/mol. The Morgan fingerprint density at radius 3 is 3.09 bits per heavy atom. The highest BCUT2D eigenvalue weighted by atomic mass is 16.5. The normalized spacial score (nSPS) is 21.5. The highest BCUT2D eigenvalue weighted by molar-refractivity contribution is 5.78. The van der Waals surface area contributed by atoms with E-state index in [2.05, 4.69) is 15.6 Å². The van der Waals surface area contributed by atoms with Crippen molar-refractivity contribution in [2.75, 3.05) is 19.8 Å². The van der Waals surface area contributed by atoms with Gasteiger partial charge in [-0.3, -0.25) is 4.79 Å². The summed E-state index contributed by atoms with van der Waals surface area (Å²) in [5, 5.41) is 0. The molecule has 2 heterocycles. The minimum absolute atomic E-state index is 0.245. The smallest absolute Gasteiger partial charge is 0.227 e. The van der Waals surface area contributed by atoms with Crippen LogP contribution in [0.2, 0.25) is 0 Å². The predicted molar refractivity (Wildman–Crippen MR) is 88.8 cm³/mol. The molecule has 0 aromatic carbocycles. The largest absolute Gasteiger partial charge is 0.381 e. The molecule has 0 spiro atoms. The molecule has 0 N–H and O–H groups in total. The van der Waals surface area contributed by atoms with Crippen LogP contribution >= 0.6 is 0 Å². The van der Waals surface area contributed by atoms with Crippen LogP contribution in [-0.4, -0.2) is 40.1 Å². The van der Waals surface area contributed by atoms with Gasteiger partial charge >= 0.3 is 0 Å². The van der Waals surface area contributed by atoms with E-state index in [1.807, 2.05) is 24.3 Å². The molecule has 126 valence electrons. The van der Waals surface area contributed by atoms with Crippen LogP contribution in [0.15, 0.2) is 24.2 Å². The van der Waals surface area contributed by atoms with Crippen molar-refractivity contribution in [3.63, 3.8) is 0 Å². The Labute approximate surface area is 138 Å². The highest BCUT2D eigenvalue weighted by Crippen LogP contribution is 2.23. The second kappa shape index (κ2) is 7.77. The Balaban J connectivity index is 1.69. The average molecular weight is 317 g/mol. The van der Waals surface area contributed by atoms with Gasteiger partial charge in [0.05, 0.1) is 25.2 Å². The molecule has 5 heteroatoms. The molecule has 1 atom stereocenters. The molecule has 2 aliphatic rings. The first kappa shape index (κ1) is 16.2. The second-order valence-electron chi connectivity index (χ2n) is 6.62. The molecule has 1 aromatic heterocycles. The van der Waals surface area contributed by atoms with Crippen molar-refractivity contribution in [1.82, 2.24) is 14.5 Å². The van der Waals surface area contributed by atoms with Gasteiger partial charge in [0.2, 0.25) is 5.91 Å². The Hall–Kier alpha value is -1.62. The lowest BCUT2D eigenvalue weighted by Gasteiger charge is -2.25. The lowest BCUT2D eigenvalue weighted by atomic mass is 9.96. The maximum atomic E-state index is 12.8. The van der Waals surface area contributed by atoms with E-state index in [1.165, 1.54) is 18.4 Å². The fourth-order valence-electron chi connectivity index (χ4n) is 3.50. The minimum Gasteiger partial charge on any atom is -0.381 e. The number of nitrogens with zero attached hydrogens (tertiary/aromatic N) is 3. The number of fused-ring (bicyclic) bond motifs is 1. The number of amides is 1. The third-order valence-corrected chi connectivity index (χ3v) is 4.76. The molecule has 1 aliphatic carbocycles. The molecule has 1 aliphatic heterocycles. The third-order valence-electron chi connectivity index (χ3n) is 4.76. The standard InChI is InChI=1S/C18H27N3O2/c1-2-23-13-16-10-20(12-17-9-19-14-21(17)11-16)18(22)8-15-6-4-3-5-7-15/h6,9,14,16H,2-5,7-8,10-13H2,1H3/t16-/m1/s1. The Kier molecular flexibility index (Phi) is 5.49. The fraction of sp³-hybridized carbons (Fsp3) is 0.667. The third kappa shape index (κ3) is 4.22. The van der Waals surface area contributed by atoms with E-state index in [1.54, 1.807) is 0 Å². The van der Waals surface area contributed by atoms with Gasteiger partial charge in [-0.25, -0.2) is 4.98 Å². The summed E-state index contributed by atoms with van der Waals surface area (Å²) in [6.45, 7) is 5.73. The van der Waals surface area contributed by atoms with Crippen molar-refractivity contribution in [3.8, 4) is 0 Å². The topological polar surface area (TPSA) is 47.4 Å². The van der Waals surface area contributed by atoms with E-state index in [-0.39, 0.29) is 5.91 Å². The summed E-state index contributed by atoms with van der Waals surface area (Å²) in [7, 11) is 0. The predicted octanol–water partition coefficient (Wildman–Crippen LogP) is 2.77. The van der Waals surface area contributed by atoms with Gasteiger partial charge in [-0.2, -0.15) is 0 Å². The van der Waals surface area contributed by atoms with Crippen molar-refractivity contribution in [2.24, 2.45) is 5.92 Å². The number of carbonyl (C=O) groups is 1. The summed E-state index contributed by atoms with van der Waals surface area (Å²) in [6.07, 6.45) is 11.3. The Morgan fingerprint density at radius 1 is 1.39 bits per heavy atom. The molecule has 23 heavy (non-hydrogen) atoms. The van der Waals surface area contributed by atoms with Crippen molar-refractivity contribution < 1.29 is 9.53 Å². The zero-order valence-corrected chi connectivity index (χ0v) is 14.0. The van der Waals surface area contributed by atoms with Gasteiger partial charge in [-0.05, 0) is 32.6 Å². The molecule has 0 unspecified atom stereocenters. The molecule has 0 radical (unpaired) electrons. The fourth-order valence-corrected chi connectivity index (χ4v) is 3.50. The van der Waals surface area contributed by atoms with Crippen molar-refractivity contribution in [3.05, 3.63) is 29.9 Å². The van der Waals surface area contributed by atoms with Crippen LogP contribution in [-0.2, 0) is 22.6 Å². The monoisotopic (exact) mass is 317 g/mol. The van der Waals surface area contributed by atoms with Gasteiger partial charge in [0, 0.05) is 38.2 Å². The lowest BCUT2D eigenvalue weighted by molar-refractivity contribution is -0.131. The van der Waals surface area contributed by atoms with Crippen LogP contribution in [0.25, 0.3) is 0 Å². The summed E-state index contributed by atoms with van der Waals surface area (Å²) in [5.41, 5.74) is 2.44. The zero-order valence-electron chi connectivity index (χ0n) is 14.0. The lowest BCUT2D eigenvalue weighted by Crippen LogP contribution is -2.35. The van der Waals surface area contributed by atoms with Crippen molar-refractivity contribution in [2.45, 2.75) is 52.1 Å². The van der Waals surface area contributed by atoms with Gasteiger partial charge in [0.25, 0.3) is 0 Å². The Morgan fingerprint density at radius 2 is 2.30 bits per heavy atom. The quantitative estimate of drug-likeness (QED) is 0.785. The molecule has 0 saturated carbocycles. The van der Waals surface area contributed by atoms with Crippen LogP contribution < -0.4 is 0 Å². The average Bonchev–Trinajstić information content (AvgIpc) is 2.92. The van der Waals surface area contributed by atoms with Crippen LogP contribution in [0.3, 0.4) is 0 Å². The van der Waals surface area contributed by atoms with Crippen LogP contribution in [0, 0.1) is 5.92 Å². The van der Waals surface area contributed by atoms with Gasteiger partial charge in [0.15, 0.2) is 0 Å². The summed E-state index contributed by atoms with van der Waals surface area (Å²) in [6, 6.07) is 0. The molecule has 0 saturated heterocycles. The second-order valence-corrected chi connectivity index (χ2v) is 6.62. The molecule has 3 rings (SSSR count). The van der Waals surface area contributed by atoms with Gasteiger partial charge < -0.3 is 14.2 Å². The summed E-state index contributed by atoms with van der Waals surface area (Å²) in [5.74, 6) is 0.573. The van der Waals surface area contributed by atoms with Gasteiger partial charge in [0.1, 0.15) is 0 Å². The highest BCUT2D eigenvalue weighted by Gasteiger charge is 2.25. The molecule has 5 nitrogen and oxygen atoms in total. The maximum absolute atomic E-state index is 12.8. The number of carbonyl (C=O) groups excluding carboxylic acids is 1. The van der Waals surface area contributed by atoms with E-state index in [4.69, 9.17) is 4.74 Å². The minimum atomic E-state index is 0.245. The summed E-state index contributed by atoms with van der Waals surface area (Å²) >= 11 is 0. The number of hydrogen-bond acceptors (Lipinski definition) is 3. The van der Waals surface area contributed by atoms with E-state index in [0.717, 1.165) is 31.6 Å². The first-order valence-electron chi connectivity index (χ1n) is 8.78. The molecule has 1 aromatic rings. The van der Waals surface area contributed by atoms with Gasteiger partial charge in [-0.1, -0.05) is 11.6 Å². The number of hydrogen-bond donors (Lipinski definition) is 0. The first-order valence-corrected chi connectivity index (χ1v) is 8.78. The summed E-state index contributed by atoms with van der Waals surface area (Å²) in [4.78, 5) is 19.0. The number of rotatable bonds is 5.